The summed E-state index contributed by atoms with van der Waals surface area (Å²) in [5.41, 5.74) is 1.26. The van der Waals surface area contributed by atoms with Gasteiger partial charge in [-0.1, -0.05) is 11.6 Å². The molecule has 0 saturated carbocycles. The molecule has 0 aromatic heterocycles. The smallest absolute Gasteiger partial charge is 0.104 e. The van der Waals surface area contributed by atoms with Crippen LogP contribution in [0.1, 0.15) is 0 Å². The van der Waals surface area contributed by atoms with Crippen molar-refractivity contribution in [3.05, 3.63) is 5.54 Å². The van der Waals surface area contributed by atoms with Crippen molar-refractivity contribution in [2.24, 2.45) is 0 Å². The average Bonchev–Trinajstić information content (AvgIpc) is 1.37. The van der Waals surface area contributed by atoms with Crippen molar-refractivity contribution in [1.29, 1.82) is 0 Å². The van der Waals surface area contributed by atoms with Crippen molar-refractivity contribution in [1.82, 2.24) is 0 Å². The van der Waals surface area contributed by atoms with Gasteiger partial charge >= 0.3 is 0 Å². The zero-order valence-corrected chi connectivity index (χ0v) is 3.71. The van der Waals surface area contributed by atoms with Gasteiger partial charge < -0.3 is 0 Å². The maximum atomic E-state index is 4.90. The van der Waals surface area contributed by atoms with Gasteiger partial charge in [0.15, 0.2) is 0 Å². The van der Waals surface area contributed by atoms with Crippen LogP contribution in [-0.2, 0) is 0 Å². The molecule has 0 atom stereocenters. The molecule has 0 aromatic rings. The van der Waals surface area contributed by atoms with Crippen LogP contribution in [0.15, 0.2) is 5.54 Å². The van der Waals surface area contributed by atoms with Crippen molar-refractivity contribution >= 4 is 26.8 Å². The van der Waals surface area contributed by atoms with Crippen LogP contribution in [0.3, 0.4) is 0 Å². The van der Waals surface area contributed by atoms with Crippen molar-refractivity contribution in [2.45, 2.75) is 0 Å². The summed E-state index contributed by atoms with van der Waals surface area (Å²) in [5.74, 6) is 0. The highest BCUT2D eigenvalue weighted by Gasteiger charge is 1.28. The zero-order valence-electron chi connectivity index (χ0n) is 1.96. The number of rotatable bonds is 0. The third-order valence-electron chi connectivity index (χ3n) is 0.0546. The SMILES string of the molecule is [Si]=C=CCl. The second kappa shape index (κ2) is 3.16. The molecule has 4 heavy (non-hydrogen) atoms. The van der Waals surface area contributed by atoms with Gasteiger partial charge in [-0.2, -0.15) is 0 Å². The summed E-state index contributed by atoms with van der Waals surface area (Å²) in [4.78, 5) is 0. The number of hydrogen-bond acceptors (Lipinski definition) is 0. The Morgan fingerprint density at radius 2 is 2.25 bits per heavy atom. The molecule has 0 spiro atoms. The maximum absolute atomic E-state index is 4.90. The highest BCUT2D eigenvalue weighted by Crippen LogP contribution is 1.58. The Morgan fingerprint density at radius 1 is 2.00 bits per heavy atom. The normalized spacial score (nSPS) is 4.25. The Morgan fingerprint density at radius 3 is 2.25 bits per heavy atom. The van der Waals surface area contributed by atoms with E-state index >= 15 is 0 Å². The summed E-state index contributed by atoms with van der Waals surface area (Å²) in [7, 11) is 2.85. The number of halogens is 1. The van der Waals surface area contributed by atoms with Crippen LogP contribution in [-0.4, -0.2) is 15.2 Å². The van der Waals surface area contributed by atoms with Crippen LogP contribution in [0.5, 0.6) is 0 Å². The van der Waals surface area contributed by atoms with Crippen molar-refractivity contribution < 1.29 is 0 Å². The quantitative estimate of drug-likeness (QED) is 0.374. The monoisotopic (exact) mass is 88.0 g/mol. The lowest BCUT2D eigenvalue weighted by atomic mass is 11.3. The Balaban J connectivity index is 3.11. The van der Waals surface area contributed by atoms with Crippen molar-refractivity contribution in [2.75, 3.05) is 0 Å². The molecular weight excluding hydrogens is 87.6 g/mol. The van der Waals surface area contributed by atoms with Crippen LogP contribution < -0.4 is 0 Å². The molecule has 0 aliphatic heterocycles. The first kappa shape index (κ1) is 4.16. The third kappa shape index (κ3) is 2.16. The summed E-state index contributed by atoms with van der Waals surface area (Å²) in [6.07, 6.45) is 0. The van der Waals surface area contributed by atoms with E-state index in [4.69, 9.17) is 11.6 Å². The number of hydrogen-bond donors (Lipinski definition) is 0. The van der Waals surface area contributed by atoms with E-state index in [1.807, 2.05) is 0 Å². The first-order chi connectivity index (χ1) is 1.91. The van der Waals surface area contributed by atoms with Gasteiger partial charge in [-0.3, -0.25) is 0 Å². The summed E-state index contributed by atoms with van der Waals surface area (Å²) in [6, 6.07) is 0. The first-order valence-electron chi connectivity index (χ1n) is 0.757. The molecule has 2 radical (unpaired) electrons. The van der Waals surface area contributed by atoms with E-state index < -0.39 is 0 Å². The fraction of sp³-hybridized carbons (Fsp3) is 0. The van der Waals surface area contributed by atoms with E-state index in [-0.39, 0.29) is 0 Å². The molecule has 0 N–H and O–H groups in total. The molecule has 0 unspecified atom stereocenters. The second-order valence-electron chi connectivity index (χ2n) is 0.253. The molecule has 0 nitrogen and oxygen atoms in total. The Kier molecular flexibility index (Phi) is 3.28. The summed E-state index contributed by atoms with van der Waals surface area (Å²) < 4.78 is 0. The van der Waals surface area contributed by atoms with Gasteiger partial charge in [-0.05, 0) is 0 Å². The summed E-state index contributed by atoms with van der Waals surface area (Å²) in [6.45, 7) is 0. The average molecular weight is 88.6 g/mol. The van der Waals surface area contributed by atoms with E-state index in [0.717, 1.165) is 0 Å². The fourth-order valence-corrected chi connectivity index (χ4v) is 0. The first-order valence-corrected chi connectivity index (χ1v) is 1.69. The zero-order chi connectivity index (χ0) is 3.41. The van der Waals surface area contributed by atoms with Crippen LogP contribution in [0, 0.1) is 0 Å². The van der Waals surface area contributed by atoms with Gasteiger partial charge in [-0.25, -0.2) is 0 Å². The van der Waals surface area contributed by atoms with Gasteiger partial charge in [0.05, 0.1) is 0 Å². The molecule has 0 fully saturated rings. The largest absolute Gasteiger partial charge is 0.142 e. The Bertz CT molecular complexity index is 44.0. The topological polar surface area (TPSA) is 0 Å². The van der Waals surface area contributed by atoms with Crippen molar-refractivity contribution in [3.8, 4) is 0 Å². The highest BCUT2D eigenvalue weighted by molar-refractivity contribution is 6.37. The van der Waals surface area contributed by atoms with Crippen LogP contribution in [0.25, 0.3) is 0 Å². The minimum atomic E-state index is 1.26. The lowest BCUT2D eigenvalue weighted by Crippen LogP contribution is -1.32. The standard InChI is InChI=1S/C2HClSi/c3-1-2-4/h1H. The minimum absolute atomic E-state index is 1.26. The van der Waals surface area contributed by atoms with Crippen LogP contribution in [0.4, 0.5) is 0 Å². The lowest BCUT2D eigenvalue weighted by Gasteiger charge is -1.34. The highest BCUT2D eigenvalue weighted by atomic mass is 35.5. The maximum Gasteiger partial charge on any atom is 0.104 e. The van der Waals surface area contributed by atoms with E-state index in [1.54, 1.807) is 0 Å². The predicted molar refractivity (Wildman–Crippen MR) is 21.2 cm³/mol. The van der Waals surface area contributed by atoms with E-state index in [1.165, 1.54) is 5.54 Å². The lowest BCUT2D eigenvalue weighted by molar-refractivity contribution is 2.91. The molecule has 0 aliphatic carbocycles. The van der Waals surface area contributed by atoms with E-state index in [9.17, 15) is 0 Å². The fourth-order valence-electron chi connectivity index (χ4n) is 0. The molecule has 0 amide bonds. The minimum Gasteiger partial charge on any atom is -0.142 e. The molecule has 0 bridgehead atoms. The molecule has 20 valence electrons. The molecule has 0 heterocycles. The molecule has 0 saturated heterocycles. The summed E-state index contributed by atoms with van der Waals surface area (Å²) >= 11 is 4.90. The second-order valence-corrected chi connectivity index (χ2v) is 0.760. The van der Waals surface area contributed by atoms with Crippen LogP contribution in [0.2, 0.25) is 0 Å². The van der Waals surface area contributed by atoms with Gasteiger partial charge in [0.1, 0.15) is 9.85 Å². The van der Waals surface area contributed by atoms with Gasteiger partial charge in [0, 0.05) is 5.54 Å². The molecular formula is C2HClSi. The Labute approximate surface area is 33.1 Å². The molecule has 2 heteroatoms. The van der Waals surface area contributed by atoms with E-state index in [2.05, 4.69) is 15.2 Å². The molecule has 0 aromatic carbocycles. The predicted octanol–water partition coefficient (Wildman–Crippen LogP) is 0.308. The van der Waals surface area contributed by atoms with Crippen LogP contribution >= 0.6 is 11.6 Å². The van der Waals surface area contributed by atoms with Gasteiger partial charge in [0.2, 0.25) is 0 Å². The van der Waals surface area contributed by atoms with E-state index in [0.29, 0.717) is 0 Å². The van der Waals surface area contributed by atoms with Gasteiger partial charge in [-0.15, -0.1) is 5.33 Å². The summed E-state index contributed by atoms with van der Waals surface area (Å²) in [5, 5.41) is 2.38. The Hall–Kier alpha value is 0.157. The molecule has 0 aliphatic rings. The van der Waals surface area contributed by atoms with Crippen molar-refractivity contribution in [3.63, 3.8) is 0 Å². The molecule has 0 rings (SSSR count). The third-order valence-corrected chi connectivity index (χ3v) is 0.491. The van der Waals surface area contributed by atoms with Gasteiger partial charge in [0.25, 0.3) is 0 Å².